The van der Waals surface area contributed by atoms with Crippen LogP contribution in [0.3, 0.4) is 0 Å². The zero-order valence-corrected chi connectivity index (χ0v) is 16.1. The van der Waals surface area contributed by atoms with E-state index in [0.717, 1.165) is 6.42 Å². The van der Waals surface area contributed by atoms with Crippen molar-refractivity contribution in [3.05, 3.63) is 29.8 Å². The molecule has 27 heavy (non-hydrogen) atoms. The summed E-state index contributed by atoms with van der Waals surface area (Å²) in [4.78, 5) is 48.0. The van der Waals surface area contributed by atoms with Crippen LogP contribution in [0.5, 0.6) is 0 Å². The molecule has 1 heterocycles. The molecular weight excluding hydrogens is 418 g/mol. The number of alkyl halides is 1. The second-order valence-electron chi connectivity index (χ2n) is 7.25. The monoisotopic (exact) mass is 435 g/mol. The van der Waals surface area contributed by atoms with E-state index >= 15 is 0 Å². The number of carbonyl (C=O) groups is 4. The average Bonchev–Trinajstić information content (AvgIpc) is 3.24. The number of halogens is 1. The third-order valence-corrected chi connectivity index (χ3v) is 6.89. The lowest BCUT2D eigenvalue weighted by molar-refractivity contribution is -0.157. The summed E-state index contributed by atoms with van der Waals surface area (Å²) in [5.74, 6) is -2.50. The molecule has 0 spiro atoms. The molecule has 1 saturated heterocycles. The second kappa shape index (κ2) is 6.74. The van der Waals surface area contributed by atoms with E-state index in [2.05, 4.69) is 21.2 Å². The lowest BCUT2D eigenvalue weighted by Crippen LogP contribution is -2.39. The fraction of sp³-hybridized carbons (Fsp3) is 0.474. The Morgan fingerprint density at radius 2 is 2.07 bits per heavy atom. The Labute approximate surface area is 163 Å². The number of benzene rings is 1. The van der Waals surface area contributed by atoms with Crippen LogP contribution in [0.2, 0.25) is 0 Å². The number of hydrogen-bond donors (Lipinski definition) is 1. The van der Waals surface area contributed by atoms with Crippen LogP contribution < -0.4 is 5.32 Å². The summed E-state index contributed by atoms with van der Waals surface area (Å²) in [5.41, 5.74) is 0.927. The number of amides is 1. The van der Waals surface area contributed by atoms with Crippen LogP contribution in [0.15, 0.2) is 24.3 Å². The molecule has 1 aromatic carbocycles. The maximum Gasteiger partial charge on any atom is 0.310 e. The molecule has 142 valence electrons. The molecule has 3 fully saturated rings. The molecule has 1 aromatic rings. The predicted octanol–water partition coefficient (Wildman–Crippen LogP) is 1.94. The molecule has 1 amide bonds. The van der Waals surface area contributed by atoms with Crippen molar-refractivity contribution in [2.45, 2.75) is 24.3 Å². The number of Topliss-reactive ketones (excluding diaryl/α,β-unsaturated/α-hetero) is 1. The minimum atomic E-state index is -0.570. The Morgan fingerprint density at radius 1 is 1.30 bits per heavy atom. The average molecular weight is 436 g/mol. The van der Waals surface area contributed by atoms with E-state index in [1.165, 1.54) is 6.92 Å². The van der Waals surface area contributed by atoms with Crippen LogP contribution in [0, 0.1) is 23.7 Å². The van der Waals surface area contributed by atoms with Gasteiger partial charge in [0.2, 0.25) is 0 Å². The van der Waals surface area contributed by atoms with Crippen molar-refractivity contribution in [1.29, 1.82) is 0 Å². The highest BCUT2D eigenvalue weighted by Crippen LogP contribution is 2.60. The van der Waals surface area contributed by atoms with Crippen LogP contribution in [0.4, 0.5) is 5.69 Å². The fourth-order valence-corrected chi connectivity index (χ4v) is 5.58. The fourth-order valence-electron chi connectivity index (χ4n) is 4.54. The summed E-state index contributed by atoms with van der Waals surface area (Å²) in [6.07, 6.45) is 0.592. The number of fused-ring (bicyclic) bond motifs is 1. The van der Waals surface area contributed by atoms with Crippen molar-refractivity contribution in [3.63, 3.8) is 0 Å². The van der Waals surface area contributed by atoms with Crippen molar-refractivity contribution < 1.29 is 28.7 Å². The Kier molecular flexibility index (Phi) is 4.53. The van der Waals surface area contributed by atoms with Gasteiger partial charge >= 0.3 is 11.9 Å². The molecule has 3 aliphatic rings. The summed E-state index contributed by atoms with van der Waals surface area (Å²) in [7, 11) is 0. The number of hydrogen-bond acceptors (Lipinski definition) is 6. The molecule has 4 rings (SSSR count). The summed E-state index contributed by atoms with van der Waals surface area (Å²) < 4.78 is 10.6. The van der Waals surface area contributed by atoms with Crippen LogP contribution in [-0.4, -0.2) is 41.2 Å². The largest absolute Gasteiger partial charge is 0.461 e. The maximum absolute atomic E-state index is 12.5. The van der Waals surface area contributed by atoms with Gasteiger partial charge in [0.1, 0.15) is 6.10 Å². The lowest BCUT2D eigenvalue weighted by atomic mass is 9.80. The first-order chi connectivity index (χ1) is 12.9. The molecule has 0 radical (unpaired) electrons. The van der Waals surface area contributed by atoms with E-state index in [1.54, 1.807) is 24.3 Å². The Balaban J connectivity index is 1.36. The molecule has 2 aliphatic carbocycles. The Hall–Kier alpha value is -2.22. The molecule has 2 saturated carbocycles. The summed E-state index contributed by atoms with van der Waals surface area (Å²) in [6.45, 7) is 0.989. The quantitative estimate of drug-likeness (QED) is 0.431. The first kappa shape index (κ1) is 18.2. The minimum Gasteiger partial charge on any atom is -0.461 e. The SMILES string of the molecule is CC(=O)c1cccc(NC(=O)COC(=O)[C@@H]2[C@H]3C[C@H]4[C@H](OC(=O)[C@@H]42)[C@@H]3Br)c1. The van der Waals surface area contributed by atoms with E-state index in [4.69, 9.17) is 9.47 Å². The van der Waals surface area contributed by atoms with E-state index in [0.29, 0.717) is 11.3 Å². The number of esters is 2. The third kappa shape index (κ3) is 3.05. The van der Waals surface area contributed by atoms with Gasteiger partial charge in [-0.05, 0) is 31.4 Å². The highest BCUT2D eigenvalue weighted by Gasteiger charge is 2.68. The van der Waals surface area contributed by atoms with Gasteiger partial charge in [-0.15, -0.1) is 0 Å². The van der Waals surface area contributed by atoms with Crippen LogP contribution in [0.25, 0.3) is 0 Å². The number of anilines is 1. The standard InChI is InChI=1S/C19H18BrNO6/c1-8(22)9-3-2-4-10(5-9)21-13(23)7-26-18(24)14-11-6-12-15(14)19(25)27-17(12)16(11)20/h2-5,11-12,14-17H,6-7H2,1H3,(H,21,23)/t11-,12-,14-,15+,16-,17+/m1/s1. The number of ketones is 1. The van der Waals surface area contributed by atoms with Gasteiger partial charge < -0.3 is 14.8 Å². The van der Waals surface area contributed by atoms with Crippen LogP contribution >= 0.6 is 15.9 Å². The smallest absolute Gasteiger partial charge is 0.310 e. The van der Waals surface area contributed by atoms with Crippen molar-refractivity contribution in [1.82, 2.24) is 0 Å². The molecule has 6 atom stereocenters. The van der Waals surface area contributed by atoms with Crippen molar-refractivity contribution in [3.8, 4) is 0 Å². The van der Waals surface area contributed by atoms with E-state index in [1.807, 2.05) is 0 Å². The first-order valence-electron chi connectivity index (χ1n) is 8.79. The molecule has 2 bridgehead atoms. The van der Waals surface area contributed by atoms with Crippen molar-refractivity contribution in [2.24, 2.45) is 23.7 Å². The number of rotatable bonds is 5. The van der Waals surface area contributed by atoms with Gasteiger partial charge in [0.15, 0.2) is 12.4 Å². The molecule has 0 aromatic heterocycles. The summed E-state index contributed by atoms with van der Waals surface area (Å²) in [5, 5.41) is 2.60. The molecule has 7 nitrogen and oxygen atoms in total. The van der Waals surface area contributed by atoms with E-state index < -0.39 is 30.3 Å². The normalized spacial score (nSPS) is 32.9. The predicted molar refractivity (Wildman–Crippen MR) is 97.2 cm³/mol. The lowest BCUT2D eigenvalue weighted by Gasteiger charge is -2.26. The second-order valence-corrected chi connectivity index (χ2v) is 8.31. The molecule has 1 aliphatic heterocycles. The zero-order valence-electron chi connectivity index (χ0n) is 14.5. The number of carbonyl (C=O) groups excluding carboxylic acids is 4. The summed E-state index contributed by atoms with van der Waals surface area (Å²) >= 11 is 3.54. The number of nitrogens with one attached hydrogen (secondary N) is 1. The molecule has 1 N–H and O–H groups in total. The topological polar surface area (TPSA) is 98.8 Å². The summed E-state index contributed by atoms with van der Waals surface area (Å²) in [6, 6.07) is 6.51. The van der Waals surface area contributed by atoms with Crippen LogP contribution in [0.1, 0.15) is 23.7 Å². The van der Waals surface area contributed by atoms with Gasteiger partial charge in [0, 0.05) is 17.2 Å². The molecular formula is C19H18BrNO6. The van der Waals surface area contributed by atoms with Crippen molar-refractivity contribution >= 4 is 45.2 Å². The van der Waals surface area contributed by atoms with E-state index in [9.17, 15) is 19.2 Å². The first-order valence-corrected chi connectivity index (χ1v) is 9.70. The molecule has 0 unspecified atom stereocenters. The maximum atomic E-state index is 12.5. The van der Waals surface area contributed by atoms with Gasteiger partial charge in [-0.25, -0.2) is 0 Å². The van der Waals surface area contributed by atoms with Gasteiger partial charge in [-0.3, -0.25) is 19.2 Å². The van der Waals surface area contributed by atoms with Crippen molar-refractivity contribution in [2.75, 3.05) is 11.9 Å². The van der Waals surface area contributed by atoms with Gasteiger partial charge in [0.25, 0.3) is 5.91 Å². The molecule has 8 heteroatoms. The highest BCUT2D eigenvalue weighted by atomic mass is 79.9. The van der Waals surface area contributed by atoms with Gasteiger partial charge in [0.05, 0.1) is 16.7 Å². The minimum absolute atomic E-state index is 0.0146. The van der Waals surface area contributed by atoms with Gasteiger partial charge in [-0.1, -0.05) is 28.1 Å². The zero-order chi connectivity index (χ0) is 19.3. The van der Waals surface area contributed by atoms with Gasteiger partial charge in [-0.2, -0.15) is 0 Å². The van der Waals surface area contributed by atoms with E-state index in [-0.39, 0.29) is 34.5 Å². The Morgan fingerprint density at radius 3 is 2.81 bits per heavy atom. The third-order valence-electron chi connectivity index (χ3n) is 5.69. The number of ether oxygens (including phenoxy) is 2. The Bertz CT molecular complexity index is 839. The van der Waals surface area contributed by atoms with Crippen LogP contribution in [-0.2, 0) is 23.9 Å². The highest BCUT2D eigenvalue weighted by molar-refractivity contribution is 9.09.